The first-order valence-electron chi connectivity index (χ1n) is 7.38. The Hall–Kier alpha value is -2.80. The van der Waals surface area contributed by atoms with E-state index in [1.165, 1.54) is 36.4 Å². The first kappa shape index (κ1) is 17.0. The highest BCUT2D eigenvalue weighted by Gasteiger charge is 2.11. The smallest absolute Gasteiger partial charge is 0.276 e. The second-order valence-corrected chi connectivity index (χ2v) is 6.22. The molecule has 0 saturated heterocycles. The molecule has 126 valence electrons. The summed E-state index contributed by atoms with van der Waals surface area (Å²) in [7, 11) is 0. The van der Waals surface area contributed by atoms with Crippen LogP contribution in [-0.4, -0.2) is 15.7 Å². The van der Waals surface area contributed by atoms with Crippen LogP contribution >= 0.6 is 15.9 Å². The maximum Gasteiger partial charge on any atom is 0.276 e. The third-order valence-electron chi connectivity index (χ3n) is 3.52. The molecule has 1 heterocycles. The standard InChI is InChI=1S/C18H13BrFN3O2/c1-11-10-13(4-7-15(11)19)21-18(25)16-8-9-17(24)23(22-16)14-5-2-12(20)3-6-14/h2-10H,1H3,(H,21,25). The number of aromatic nitrogens is 2. The van der Waals surface area contributed by atoms with Gasteiger partial charge >= 0.3 is 0 Å². The van der Waals surface area contributed by atoms with E-state index < -0.39 is 17.3 Å². The molecule has 0 aliphatic carbocycles. The number of nitrogens with zero attached hydrogens (tertiary/aromatic N) is 2. The number of nitrogens with one attached hydrogen (secondary N) is 1. The third-order valence-corrected chi connectivity index (χ3v) is 4.41. The molecule has 1 aromatic heterocycles. The van der Waals surface area contributed by atoms with E-state index in [1.54, 1.807) is 6.07 Å². The third kappa shape index (κ3) is 3.83. The van der Waals surface area contributed by atoms with Crippen LogP contribution in [0.3, 0.4) is 0 Å². The maximum atomic E-state index is 13.0. The summed E-state index contributed by atoms with van der Waals surface area (Å²) in [5.41, 5.74) is 1.63. The van der Waals surface area contributed by atoms with E-state index in [0.717, 1.165) is 14.7 Å². The van der Waals surface area contributed by atoms with Gasteiger partial charge in [-0.25, -0.2) is 4.39 Å². The summed E-state index contributed by atoms with van der Waals surface area (Å²) in [6, 6.07) is 13.3. The Kier molecular flexibility index (Phi) is 4.76. The quantitative estimate of drug-likeness (QED) is 0.727. The molecular weight excluding hydrogens is 389 g/mol. The van der Waals surface area contributed by atoms with Crippen molar-refractivity contribution in [3.05, 3.63) is 86.5 Å². The lowest BCUT2D eigenvalue weighted by Gasteiger charge is -2.09. The fourth-order valence-electron chi connectivity index (χ4n) is 2.22. The van der Waals surface area contributed by atoms with Crippen LogP contribution in [0.25, 0.3) is 5.69 Å². The molecule has 0 aliphatic heterocycles. The number of aryl methyl sites for hydroxylation is 1. The highest BCUT2D eigenvalue weighted by atomic mass is 79.9. The average molecular weight is 402 g/mol. The van der Waals surface area contributed by atoms with Gasteiger partial charge in [0.2, 0.25) is 0 Å². The summed E-state index contributed by atoms with van der Waals surface area (Å²) in [4.78, 5) is 24.4. The summed E-state index contributed by atoms with van der Waals surface area (Å²) >= 11 is 3.40. The fraction of sp³-hybridized carbons (Fsp3) is 0.0556. The first-order chi connectivity index (χ1) is 11.9. The van der Waals surface area contributed by atoms with Crippen molar-refractivity contribution in [1.29, 1.82) is 0 Å². The minimum atomic E-state index is -0.447. The van der Waals surface area contributed by atoms with Gasteiger partial charge < -0.3 is 5.32 Å². The Morgan fingerprint density at radius 3 is 2.52 bits per heavy atom. The van der Waals surface area contributed by atoms with E-state index in [0.29, 0.717) is 11.4 Å². The Bertz CT molecular complexity index is 1000. The lowest BCUT2D eigenvalue weighted by molar-refractivity contribution is 0.102. The Balaban J connectivity index is 1.90. The number of benzene rings is 2. The van der Waals surface area contributed by atoms with E-state index in [-0.39, 0.29) is 5.69 Å². The van der Waals surface area contributed by atoms with E-state index in [1.807, 2.05) is 19.1 Å². The molecule has 0 saturated carbocycles. The van der Waals surface area contributed by atoms with Gasteiger partial charge in [0.15, 0.2) is 0 Å². The second-order valence-electron chi connectivity index (χ2n) is 5.36. The summed E-state index contributed by atoms with van der Waals surface area (Å²) in [6.45, 7) is 1.91. The molecule has 1 amide bonds. The molecule has 25 heavy (non-hydrogen) atoms. The molecule has 0 atom stereocenters. The summed E-state index contributed by atoms with van der Waals surface area (Å²) in [5, 5.41) is 6.80. The number of amides is 1. The lowest BCUT2D eigenvalue weighted by Crippen LogP contribution is -2.24. The average Bonchev–Trinajstić information content (AvgIpc) is 2.59. The molecule has 0 aliphatic rings. The van der Waals surface area contributed by atoms with Crippen LogP contribution in [-0.2, 0) is 0 Å². The van der Waals surface area contributed by atoms with Crippen LogP contribution in [0.2, 0.25) is 0 Å². The predicted octanol–water partition coefficient (Wildman–Crippen LogP) is 3.69. The zero-order valence-corrected chi connectivity index (χ0v) is 14.7. The number of hydrogen-bond acceptors (Lipinski definition) is 3. The number of carbonyl (C=O) groups is 1. The van der Waals surface area contributed by atoms with Crippen LogP contribution in [0.5, 0.6) is 0 Å². The number of halogens is 2. The topological polar surface area (TPSA) is 64.0 Å². The van der Waals surface area contributed by atoms with Gasteiger partial charge in [-0.15, -0.1) is 0 Å². The van der Waals surface area contributed by atoms with E-state index >= 15 is 0 Å². The number of anilines is 1. The summed E-state index contributed by atoms with van der Waals surface area (Å²) in [6.07, 6.45) is 0. The molecule has 1 N–H and O–H groups in total. The molecule has 0 bridgehead atoms. The summed E-state index contributed by atoms with van der Waals surface area (Å²) in [5.74, 6) is -0.867. The van der Waals surface area contributed by atoms with Crippen molar-refractivity contribution < 1.29 is 9.18 Å². The minimum Gasteiger partial charge on any atom is -0.321 e. The Morgan fingerprint density at radius 2 is 1.84 bits per heavy atom. The monoisotopic (exact) mass is 401 g/mol. The van der Waals surface area contributed by atoms with Crippen molar-refractivity contribution >= 4 is 27.5 Å². The molecule has 5 nitrogen and oxygen atoms in total. The van der Waals surface area contributed by atoms with Gasteiger partial charge in [-0.2, -0.15) is 9.78 Å². The second kappa shape index (κ2) is 6.98. The van der Waals surface area contributed by atoms with Crippen molar-refractivity contribution in [2.75, 3.05) is 5.32 Å². The van der Waals surface area contributed by atoms with Crippen molar-refractivity contribution in [2.24, 2.45) is 0 Å². The number of carbonyl (C=O) groups excluding carboxylic acids is 1. The van der Waals surface area contributed by atoms with Gasteiger partial charge in [-0.1, -0.05) is 15.9 Å². The van der Waals surface area contributed by atoms with E-state index in [9.17, 15) is 14.0 Å². The zero-order chi connectivity index (χ0) is 18.0. The molecule has 3 rings (SSSR count). The minimum absolute atomic E-state index is 0.0736. The molecule has 0 unspecified atom stereocenters. The van der Waals surface area contributed by atoms with Crippen molar-refractivity contribution in [3.63, 3.8) is 0 Å². The molecule has 0 radical (unpaired) electrons. The van der Waals surface area contributed by atoms with Crippen molar-refractivity contribution in [1.82, 2.24) is 9.78 Å². The molecule has 3 aromatic rings. The predicted molar refractivity (Wildman–Crippen MR) is 96.6 cm³/mol. The van der Waals surface area contributed by atoms with Gasteiger partial charge in [0.1, 0.15) is 11.5 Å². The molecular formula is C18H13BrFN3O2. The highest BCUT2D eigenvalue weighted by molar-refractivity contribution is 9.10. The van der Waals surface area contributed by atoms with Crippen LogP contribution in [0, 0.1) is 12.7 Å². The van der Waals surface area contributed by atoms with Crippen molar-refractivity contribution in [2.45, 2.75) is 6.92 Å². The fourth-order valence-corrected chi connectivity index (χ4v) is 2.46. The van der Waals surface area contributed by atoms with Crippen LogP contribution < -0.4 is 10.9 Å². The van der Waals surface area contributed by atoms with Crippen LogP contribution in [0.1, 0.15) is 16.1 Å². The first-order valence-corrected chi connectivity index (χ1v) is 8.17. The van der Waals surface area contributed by atoms with Gasteiger partial charge in [0.25, 0.3) is 11.5 Å². The maximum absolute atomic E-state index is 13.0. The lowest BCUT2D eigenvalue weighted by atomic mass is 10.2. The largest absolute Gasteiger partial charge is 0.321 e. The van der Waals surface area contributed by atoms with E-state index in [4.69, 9.17) is 0 Å². The Labute approximate surface area is 151 Å². The van der Waals surface area contributed by atoms with Crippen LogP contribution in [0.4, 0.5) is 10.1 Å². The highest BCUT2D eigenvalue weighted by Crippen LogP contribution is 2.20. The molecule has 0 fully saturated rings. The Morgan fingerprint density at radius 1 is 1.12 bits per heavy atom. The van der Waals surface area contributed by atoms with Crippen molar-refractivity contribution in [3.8, 4) is 5.69 Å². The number of hydrogen-bond donors (Lipinski definition) is 1. The van der Waals surface area contributed by atoms with Gasteiger partial charge in [-0.05, 0) is 61.0 Å². The van der Waals surface area contributed by atoms with Gasteiger partial charge in [-0.3, -0.25) is 9.59 Å². The molecule has 2 aromatic carbocycles. The number of rotatable bonds is 3. The normalized spacial score (nSPS) is 10.5. The van der Waals surface area contributed by atoms with E-state index in [2.05, 4.69) is 26.3 Å². The molecule has 0 spiro atoms. The zero-order valence-electron chi connectivity index (χ0n) is 13.2. The van der Waals surface area contributed by atoms with Gasteiger partial charge in [0.05, 0.1) is 5.69 Å². The SMILES string of the molecule is Cc1cc(NC(=O)c2ccc(=O)n(-c3ccc(F)cc3)n2)ccc1Br. The summed E-state index contributed by atoms with van der Waals surface area (Å²) < 4.78 is 15.0. The van der Waals surface area contributed by atoms with Crippen LogP contribution in [0.15, 0.2) is 63.9 Å². The molecule has 7 heteroatoms. The van der Waals surface area contributed by atoms with Gasteiger partial charge in [0, 0.05) is 16.2 Å².